The Morgan fingerprint density at radius 3 is 2.35 bits per heavy atom. The largest absolute Gasteiger partial charge is 0.490 e. The van der Waals surface area contributed by atoms with E-state index in [1.54, 1.807) is 18.2 Å². The molecule has 0 saturated carbocycles. The van der Waals surface area contributed by atoms with E-state index in [9.17, 15) is 13.2 Å². The van der Waals surface area contributed by atoms with E-state index in [-0.39, 0.29) is 22.8 Å². The zero-order valence-corrected chi connectivity index (χ0v) is 20.6. The molecular weight excluding hydrogens is 454 g/mol. The molecule has 2 heterocycles. The number of amides is 1. The van der Waals surface area contributed by atoms with Crippen LogP contribution in [0.2, 0.25) is 0 Å². The smallest absolute Gasteiger partial charge is 0.243 e. The minimum atomic E-state index is -3.66. The summed E-state index contributed by atoms with van der Waals surface area (Å²) in [5.74, 6) is 1.21. The Labute approximate surface area is 201 Å². The molecule has 0 bridgehead atoms. The fraction of sp³-hybridized carbons (Fsp3) is 0.480. The van der Waals surface area contributed by atoms with Gasteiger partial charge in [0.25, 0.3) is 0 Å². The number of nitrogens with zero attached hydrogens (tertiary/aromatic N) is 2. The van der Waals surface area contributed by atoms with Gasteiger partial charge in [0.05, 0.1) is 24.2 Å². The Bertz CT molecular complexity index is 1080. The van der Waals surface area contributed by atoms with Gasteiger partial charge in [-0.2, -0.15) is 4.31 Å². The second-order valence-electron chi connectivity index (χ2n) is 8.83. The van der Waals surface area contributed by atoms with Crippen molar-refractivity contribution >= 4 is 15.9 Å². The van der Waals surface area contributed by atoms with Gasteiger partial charge in [0.1, 0.15) is 0 Å². The third-order valence-electron chi connectivity index (χ3n) is 6.51. The number of hydrogen-bond acceptors (Lipinski definition) is 6. The molecule has 9 heteroatoms. The maximum atomic E-state index is 13.2. The molecule has 2 aliphatic rings. The molecule has 1 N–H and O–H groups in total. The van der Waals surface area contributed by atoms with Gasteiger partial charge in [0.15, 0.2) is 11.5 Å². The molecule has 1 saturated heterocycles. The summed E-state index contributed by atoms with van der Waals surface area (Å²) < 4.78 is 39.2. The van der Waals surface area contributed by atoms with Crippen molar-refractivity contribution < 1.29 is 22.7 Å². The Hall–Kier alpha value is -2.62. The molecule has 2 atom stereocenters. The molecule has 1 amide bonds. The maximum Gasteiger partial charge on any atom is 0.243 e. The number of piperazine rings is 1. The Kier molecular flexibility index (Phi) is 7.75. The predicted octanol–water partition coefficient (Wildman–Crippen LogP) is 2.46. The van der Waals surface area contributed by atoms with Crippen LogP contribution in [0.4, 0.5) is 0 Å². The lowest BCUT2D eigenvalue weighted by Crippen LogP contribution is -2.55. The van der Waals surface area contributed by atoms with Crippen LogP contribution >= 0.6 is 0 Å². The number of benzene rings is 2. The lowest BCUT2D eigenvalue weighted by molar-refractivity contribution is -0.126. The molecule has 2 unspecified atom stereocenters. The average Bonchev–Trinajstić information content (AvgIpc) is 3.12. The zero-order valence-electron chi connectivity index (χ0n) is 19.8. The minimum Gasteiger partial charge on any atom is -0.490 e. The van der Waals surface area contributed by atoms with E-state index in [1.165, 1.54) is 9.87 Å². The van der Waals surface area contributed by atoms with E-state index in [2.05, 4.69) is 24.4 Å². The van der Waals surface area contributed by atoms with Gasteiger partial charge in [-0.05, 0) is 30.5 Å². The molecule has 0 aromatic heterocycles. The van der Waals surface area contributed by atoms with Crippen LogP contribution < -0.4 is 14.8 Å². The van der Waals surface area contributed by atoms with E-state index in [0.717, 1.165) is 6.42 Å². The second-order valence-corrected chi connectivity index (χ2v) is 10.8. The summed E-state index contributed by atoms with van der Waals surface area (Å²) in [5, 5.41) is 3.04. The van der Waals surface area contributed by atoms with Crippen LogP contribution in [0.1, 0.15) is 31.7 Å². The summed E-state index contributed by atoms with van der Waals surface area (Å²) in [7, 11) is -3.66. The van der Waals surface area contributed by atoms with Crippen molar-refractivity contribution in [3.63, 3.8) is 0 Å². The van der Waals surface area contributed by atoms with Gasteiger partial charge < -0.3 is 14.8 Å². The first-order chi connectivity index (χ1) is 16.4. The molecule has 34 heavy (non-hydrogen) atoms. The monoisotopic (exact) mass is 487 g/mol. The third kappa shape index (κ3) is 5.54. The fourth-order valence-electron chi connectivity index (χ4n) is 4.25. The normalized spacial score (nSPS) is 19.1. The van der Waals surface area contributed by atoms with Gasteiger partial charge in [-0.3, -0.25) is 9.69 Å². The highest BCUT2D eigenvalue weighted by Crippen LogP contribution is 2.33. The van der Waals surface area contributed by atoms with E-state index in [4.69, 9.17) is 9.47 Å². The number of fused-ring (bicyclic) bond motifs is 1. The van der Waals surface area contributed by atoms with Gasteiger partial charge in [0, 0.05) is 45.2 Å². The van der Waals surface area contributed by atoms with Crippen LogP contribution in [0, 0.1) is 0 Å². The van der Waals surface area contributed by atoms with Crippen LogP contribution in [0.25, 0.3) is 0 Å². The molecule has 8 nitrogen and oxygen atoms in total. The lowest BCUT2D eigenvalue weighted by atomic mass is 10.0. The minimum absolute atomic E-state index is 0.0398. The fourth-order valence-corrected chi connectivity index (χ4v) is 5.69. The number of carbonyl (C=O) groups excluding carboxylic acids is 1. The van der Waals surface area contributed by atoms with Gasteiger partial charge in [-0.1, -0.05) is 37.3 Å². The summed E-state index contributed by atoms with van der Waals surface area (Å²) >= 11 is 0. The van der Waals surface area contributed by atoms with Crippen molar-refractivity contribution in [3.05, 3.63) is 54.1 Å². The van der Waals surface area contributed by atoms with Gasteiger partial charge >= 0.3 is 0 Å². The van der Waals surface area contributed by atoms with Crippen molar-refractivity contribution in [2.75, 3.05) is 45.9 Å². The van der Waals surface area contributed by atoms with E-state index >= 15 is 0 Å². The highest BCUT2D eigenvalue weighted by Gasteiger charge is 2.32. The number of sulfonamides is 1. The molecule has 4 rings (SSSR count). The number of carbonyl (C=O) groups is 1. The summed E-state index contributed by atoms with van der Waals surface area (Å²) in [4.78, 5) is 15.0. The molecule has 0 aliphatic carbocycles. The van der Waals surface area contributed by atoms with Crippen molar-refractivity contribution in [1.29, 1.82) is 0 Å². The first kappa shape index (κ1) is 24.5. The number of nitrogens with one attached hydrogen (secondary N) is 1. The van der Waals surface area contributed by atoms with Gasteiger partial charge in [0.2, 0.25) is 15.9 Å². The Morgan fingerprint density at radius 2 is 1.65 bits per heavy atom. The molecule has 0 spiro atoms. The van der Waals surface area contributed by atoms with Crippen LogP contribution in [0.15, 0.2) is 53.4 Å². The number of rotatable bonds is 7. The predicted molar refractivity (Wildman–Crippen MR) is 130 cm³/mol. The van der Waals surface area contributed by atoms with E-state index in [0.29, 0.717) is 57.4 Å². The first-order valence-corrected chi connectivity index (χ1v) is 13.3. The van der Waals surface area contributed by atoms with Crippen molar-refractivity contribution in [2.24, 2.45) is 0 Å². The lowest BCUT2D eigenvalue weighted by Gasteiger charge is -2.36. The zero-order chi connectivity index (χ0) is 24.1. The van der Waals surface area contributed by atoms with Crippen molar-refractivity contribution in [3.8, 4) is 11.5 Å². The van der Waals surface area contributed by atoms with Gasteiger partial charge in [-0.15, -0.1) is 0 Å². The van der Waals surface area contributed by atoms with Crippen molar-refractivity contribution in [1.82, 2.24) is 14.5 Å². The van der Waals surface area contributed by atoms with Crippen LogP contribution in [0.5, 0.6) is 11.5 Å². The van der Waals surface area contributed by atoms with Crippen LogP contribution in [-0.4, -0.2) is 75.5 Å². The summed E-state index contributed by atoms with van der Waals surface area (Å²) in [5.41, 5.74) is 1.18. The van der Waals surface area contributed by atoms with Crippen LogP contribution in [0.3, 0.4) is 0 Å². The quantitative estimate of drug-likeness (QED) is 0.646. The van der Waals surface area contributed by atoms with E-state index < -0.39 is 10.0 Å². The highest BCUT2D eigenvalue weighted by atomic mass is 32.2. The average molecular weight is 488 g/mol. The Morgan fingerprint density at radius 1 is 0.971 bits per heavy atom. The SMILES string of the molecule is CC(CNC(=O)C(C)N1CCN(S(=O)(=O)c2ccc3c(c2)OCCCO3)CC1)c1ccccc1. The summed E-state index contributed by atoms with van der Waals surface area (Å²) in [6.45, 7) is 7.21. The van der Waals surface area contributed by atoms with E-state index in [1.807, 2.05) is 30.0 Å². The first-order valence-electron chi connectivity index (χ1n) is 11.8. The number of hydrogen-bond donors (Lipinski definition) is 1. The summed E-state index contributed by atoms with van der Waals surface area (Å²) in [6.07, 6.45) is 0.760. The maximum absolute atomic E-state index is 13.2. The van der Waals surface area contributed by atoms with Gasteiger partial charge in [-0.25, -0.2) is 8.42 Å². The molecule has 2 aromatic rings. The standard InChI is InChI=1S/C25H33N3O5S/c1-19(21-7-4-3-5-8-21)18-26-25(29)20(2)27-11-13-28(14-12-27)34(30,31)22-9-10-23-24(17-22)33-16-6-15-32-23/h3-5,7-10,17,19-20H,6,11-16,18H2,1-2H3,(H,26,29). The van der Waals surface area contributed by atoms with Crippen molar-refractivity contribution in [2.45, 2.75) is 37.1 Å². The summed E-state index contributed by atoms with van der Waals surface area (Å²) in [6, 6.07) is 14.5. The molecule has 0 radical (unpaired) electrons. The number of ether oxygens (including phenoxy) is 2. The molecule has 184 valence electrons. The molecule has 1 fully saturated rings. The second kappa shape index (κ2) is 10.8. The highest BCUT2D eigenvalue weighted by molar-refractivity contribution is 7.89. The third-order valence-corrected chi connectivity index (χ3v) is 8.40. The molecule has 2 aromatic carbocycles. The Balaban J connectivity index is 1.31. The topological polar surface area (TPSA) is 88.2 Å². The molecular formula is C25H33N3O5S. The molecule has 2 aliphatic heterocycles. The van der Waals surface area contributed by atoms with Crippen LogP contribution in [-0.2, 0) is 14.8 Å².